The van der Waals surface area contributed by atoms with Crippen LogP contribution in [0.15, 0.2) is 41.8 Å². The highest BCUT2D eigenvalue weighted by molar-refractivity contribution is 7.09. The summed E-state index contributed by atoms with van der Waals surface area (Å²) in [6.45, 7) is 2.39. The Morgan fingerprint density at radius 3 is 2.52 bits per heavy atom. The van der Waals surface area contributed by atoms with E-state index in [2.05, 4.69) is 10.3 Å². The third-order valence-corrected chi connectivity index (χ3v) is 5.07. The fraction of sp³-hybridized carbons (Fsp3) is 0.200. The normalized spacial score (nSPS) is 10.5. The molecular weight excluding hydrogens is 384 g/mol. The van der Waals surface area contributed by atoms with E-state index in [4.69, 9.17) is 21.1 Å². The summed E-state index contributed by atoms with van der Waals surface area (Å²) in [6, 6.07) is 11.1. The second kappa shape index (κ2) is 8.41. The van der Waals surface area contributed by atoms with Crippen molar-refractivity contribution in [1.82, 2.24) is 10.3 Å². The van der Waals surface area contributed by atoms with Gasteiger partial charge in [-0.1, -0.05) is 35.9 Å². The Morgan fingerprint density at radius 2 is 1.93 bits per heavy atom. The van der Waals surface area contributed by atoms with Gasteiger partial charge >= 0.3 is 0 Å². The van der Waals surface area contributed by atoms with Crippen LogP contribution in [0.4, 0.5) is 0 Å². The van der Waals surface area contributed by atoms with E-state index in [0.29, 0.717) is 28.6 Å². The number of carbonyl (C=O) groups excluding carboxylic acids is 1. The van der Waals surface area contributed by atoms with Crippen LogP contribution in [0.25, 0.3) is 11.3 Å². The van der Waals surface area contributed by atoms with Crippen molar-refractivity contribution in [2.75, 3.05) is 14.2 Å². The summed E-state index contributed by atoms with van der Waals surface area (Å²) in [5.74, 6) is 0.582. The number of methoxy groups -OCH3 is 2. The number of nitrogens with one attached hydrogen (secondary N) is 1. The Kier molecular flexibility index (Phi) is 5.98. The van der Waals surface area contributed by atoms with Crippen LogP contribution in [-0.4, -0.2) is 25.1 Å². The molecule has 0 atom stereocenters. The molecule has 27 heavy (non-hydrogen) atoms. The third kappa shape index (κ3) is 4.40. The first-order valence-corrected chi connectivity index (χ1v) is 9.48. The van der Waals surface area contributed by atoms with E-state index in [9.17, 15) is 4.79 Å². The van der Waals surface area contributed by atoms with Crippen LogP contribution in [0.2, 0.25) is 5.02 Å². The quantitative estimate of drug-likeness (QED) is 0.648. The number of aromatic nitrogens is 1. The number of amides is 1. The van der Waals surface area contributed by atoms with Gasteiger partial charge in [-0.05, 0) is 24.6 Å². The first kappa shape index (κ1) is 19.2. The Balaban J connectivity index is 1.68. The van der Waals surface area contributed by atoms with Crippen LogP contribution >= 0.6 is 22.9 Å². The zero-order chi connectivity index (χ0) is 19.4. The first-order valence-electron chi connectivity index (χ1n) is 8.23. The molecule has 0 unspecified atom stereocenters. The van der Waals surface area contributed by atoms with Crippen LogP contribution in [0.1, 0.15) is 20.9 Å². The first-order chi connectivity index (χ1) is 13.0. The number of halogens is 1. The predicted octanol–water partition coefficient (Wildman–Crippen LogP) is 4.72. The number of hydrogen-bond donors (Lipinski definition) is 1. The fourth-order valence-electron chi connectivity index (χ4n) is 2.62. The highest BCUT2D eigenvalue weighted by Crippen LogP contribution is 2.36. The maximum atomic E-state index is 12.5. The number of benzene rings is 2. The summed E-state index contributed by atoms with van der Waals surface area (Å²) in [5.41, 5.74) is 3.42. The summed E-state index contributed by atoms with van der Waals surface area (Å²) in [4.78, 5) is 16.9. The van der Waals surface area contributed by atoms with Gasteiger partial charge in [0.05, 0.1) is 29.9 Å². The van der Waals surface area contributed by atoms with Crippen molar-refractivity contribution in [3.8, 4) is 22.8 Å². The topological polar surface area (TPSA) is 60.5 Å². The molecule has 0 saturated heterocycles. The highest BCUT2D eigenvalue weighted by Gasteiger charge is 2.15. The molecule has 0 aliphatic carbocycles. The zero-order valence-electron chi connectivity index (χ0n) is 15.2. The molecule has 0 fully saturated rings. The van der Waals surface area contributed by atoms with E-state index in [-0.39, 0.29) is 5.91 Å². The molecule has 1 heterocycles. The molecule has 3 aromatic rings. The van der Waals surface area contributed by atoms with Gasteiger partial charge in [0.2, 0.25) is 0 Å². The molecule has 0 saturated carbocycles. The van der Waals surface area contributed by atoms with Gasteiger partial charge in [-0.2, -0.15) is 0 Å². The SMILES string of the molecule is COc1cc(C(=O)NCc2ccc(-c3csc(C)n3)cc2)cc(Cl)c1OC. The van der Waals surface area contributed by atoms with Crippen molar-refractivity contribution in [2.45, 2.75) is 13.5 Å². The minimum absolute atomic E-state index is 0.239. The summed E-state index contributed by atoms with van der Waals surface area (Å²) in [7, 11) is 3.00. The van der Waals surface area contributed by atoms with Crippen LogP contribution in [0, 0.1) is 6.92 Å². The summed E-state index contributed by atoms with van der Waals surface area (Å²) in [5, 5.41) is 6.28. The average Bonchev–Trinajstić information content (AvgIpc) is 3.12. The lowest BCUT2D eigenvalue weighted by Gasteiger charge is -2.12. The van der Waals surface area contributed by atoms with Crippen molar-refractivity contribution in [2.24, 2.45) is 0 Å². The summed E-state index contributed by atoms with van der Waals surface area (Å²) >= 11 is 7.79. The van der Waals surface area contributed by atoms with Gasteiger partial charge in [-0.25, -0.2) is 4.98 Å². The zero-order valence-corrected chi connectivity index (χ0v) is 16.8. The Labute approximate surface area is 166 Å². The molecule has 7 heteroatoms. The number of thiazole rings is 1. The van der Waals surface area contributed by atoms with Crippen LogP contribution < -0.4 is 14.8 Å². The Morgan fingerprint density at radius 1 is 1.19 bits per heavy atom. The average molecular weight is 403 g/mol. The number of nitrogens with zero attached hydrogens (tertiary/aromatic N) is 1. The molecular formula is C20H19ClN2O3S. The van der Waals surface area contributed by atoms with Gasteiger partial charge < -0.3 is 14.8 Å². The van der Waals surface area contributed by atoms with E-state index in [1.807, 2.05) is 36.6 Å². The van der Waals surface area contributed by atoms with Crippen molar-refractivity contribution in [3.63, 3.8) is 0 Å². The summed E-state index contributed by atoms with van der Waals surface area (Å²) in [6.07, 6.45) is 0. The molecule has 5 nitrogen and oxygen atoms in total. The number of rotatable bonds is 6. The lowest BCUT2D eigenvalue weighted by atomic mass is 10.1. The number of ether oxygens (including phenoxy) is 2. The van der Waals surface area contributed by atoms with Gasteiger partial charge in [0.1, 0.15) is 0 Å². The fourth-order valence-corrected chi connectivity index (χ4v) is 3.53. The van der Waals surface area contributed by atoms with Crippen LogP contribution in [0.5, 0.6) is 11.5 Å². The monoisotopic (exact) mass is 402 g/mol. The van der Waals surface area contributed by atoms with Gasteiger partial charge in [0.15, 0.2) is 11.5 Å². The molecule has 2 aromatic carbocycles. The van der Waals surface area contributed by atoms with Crippen LogP contribution in [0.3, 0.4) is 0 Å². The van der Waals surface area contributed by atoms with Gasteiger partial charge in [0, 0.05) is 23.1 Å². The molecule has 0 radical (unpaired) electrons. The number of hydrogen-bond acceptors (Lipinski definition) is 5. The summed E-state index contributed by atoms with van der Waals surface area (Å²) < 4.78 is 10.4. The van der Waals surface area contributed by atoms with Gasteiger partial charge in [0.25, 0.3) is 5.91 Å². The number of carbonyl (C=O) groups is 1. The molecule has 140 valence electrons. The van der Waals surface area contributed by atoms with E-state index in [0.717, 1.165) is 21.8 Å². The Bertz CT molecular complexity index is 954. The van der Waals surface area contributed by atoms with Crippen LogP contribution in [-0.2, 0) is 6.54 Å². The second-order valence-electron chi connectivity index (χ2n) is 5.82. The van der Waals surface area contributed by atoms with Crippen molar-refractivity contribution in [1.29, 1.82) is 0 Å². The van der Waals surface area contributed by atoms with Gasteiger partial charge in [-0.3, -0.25) is 4.79 Å². The van der Waals surface area contributed by atoms with E-state index >= 15 is 0 Å². The Hall–Kier alpha value is -2.57. The molecule has 3 rings (SSSR count). The molecule has 0 aliphatic heterocycles. The minimum Gasteiger partial charge on any atom is -0.493 e. The second-order valence-corrected chi connectivity index (χ2v) is 7.29. The lowest BCUT2D eigenvalue weighted by molar-refractivity contribution is 0.0950. The largest absolute Gasteiger partial charge is 0.493 e. The van der Waals surface area contributed by atoms with E-state index in [1.54, 1.807) is 23.5 Å². The predicted molar refractivity (Wildman–Crippen MR) is 108 cm³/mol. The number of aryl methyl sites for hydroxylation is 1. The van der Waals surface area contributed by atoms with Crippen molar-refractivity contribution < 1.29 is 14.3 Å². The van der Waals surface area contributed by atoms with E-state index < -0.39 is 0 Å². The lowest BCUT2D eigenvalue weighted by Crippen LogP contribution is -2.22. The highest BCUT2D eigenvalue weighted by atomic mass is 35.5. The molecule has 0 bridgehead atoms. The molecule has 1 amide bonds. The third-order valence-electron chi connectivity index (χ3n) is 4.02. The smallest absolute Gasteiger partial charge is 0.251 e. The van der Waals surface area contributed by atoms with E-state index in [1.165, 1.54) is 14.2 Å². The van der Waals surface area contributed by atoms with Crippen molar-refractivity contribution in [3.05, 3.63) is 62.9 Å². The maximum absolute atomic E-state index is 12.5. The molecule has 1 N–H and O–H groups in total. The standard InChI is InChI=1S/C20H19ClN2O3S/c1-12-23-17(11-27-12)14-6-4-13(5-7-14)10-22-20(24)15-8-16(21)19(26-3)18(9-15)25-2/h4-9,11H,10H2,1-3H3,(H,22,24). The molecule has 0 aliphatic rings. The molecule has 0 spiro atoms. The van der Waals surface area contributed by atoms with Gasteiger partial charge in [-0.15, -0.1) is 11.3 Å². The minimum atomic E-state index is -0.239. The van der Waals surface area contributed by atoms with Crippen molar-refractivity contribution >= 4 is 28.8 Å². The molecule has 1 aromatic heterocycles. The maximum Gasteiger partial charge on any atom is 0.251 e.